The number of nitrogens with zero attached hydrogens (tertiary/aromatic N) is 3. The highest BCUT2D eigenvalue weighted by molar-refractivity contribution is 7.14. The van der Waals surface area contributed by atoms with E-state index >= 15 is 0 Å². The van der Waals surface area contributed by atoms with E-state index in [9.17, 15) is 9.90 Å². The lowest BCUT2D eigenvalue weighted by molar-refractivity contribution is 0.0999. The van der Waals surface area contributed by atoms with Gasteiger partial charge in [-0.2, -0.15) is 0 Å². The number of carbonyl (C=O) groups is 1. The van der Waals surface area contributed by atoms with Crippen LogP contribution < -0.4 is 10.5 Å². The summed E-state index contributed by atoms with van der Waals surface area (Å²) in [6.07, 6.45) is 3.76. The number of thiazole rings is 1. The van der Waals surface area contributed by atoms with Gasteiger partial charge in [0.1, 0.15) is 5.75 Å². The third kappa shape index (κ3) is 3.45. The summed E-state index contributed by atoms with van der Waals surface area (Å²) in [5, 5.41) is 10.8. The van der Waals surface area contributed by atoms with Crippen LogP contribution in [0.1, 0.15) is 33.0 Å². The summed E-state index contributed by atoms with van der Waals surface area (Å²) in [7, 11) is 0. The fourth-order valence-electron chi connectivity index (χ4n) is 2.81. The summed E-state index contributed by atoms with van der Waals surface area (Å²) in [5.74, 6) is 6.13. The molecule has 140 valence electrons. The highest BCUT2D eigenvalue weighted by Gasteiger charge is 2.24. The number of rotatable bonds is 2. The predicted molar refractivity (Wildman–Crippen MR) is 104 cm³/mol. The van der Waals surface area contributed by atoms with Crippen LogP contribution in [0.15, 0.2) is 36.7 Å². The van der Waals surface area contributed by atoms with Crippen LogP contribution in [-0.2, 0) is 12.0 Å². The molecule has 0 fully saturated rings. The van der Waals surface area contributed by atoms with Crippen LogP contribution in [0.5, 0.6) is 5.75 Å². The number of benzene rings is 1. The van der Waals surface area contributed by atoms with E-state index in [4.69, 9.17) is 10.5 Å². The van der Waals surface area contributed by atoms with Crippen molar-refractivity contribution in [2.75, 3.05) is 6.61 Å². The second-order valence-corrected chi connectivity index (χ2v) is 7.44. The second kappa shape index (κ2) is 7.03. The number of carbonyl (C=O) groups excluding carboxylic acids is 1. The van der Waals surface area contributed by atoms with Gasteiger partial charge in [-0.1, -0.05) is 11.8 Å². The zero-order valence-electron chi connectivity index (χ0n) is 15.0. The monoisotopic (exact) mass is 392 g/mol. The van der Waals surface area contributed by atoms with Crippen molar-refractivity contribution in [1.29, 1.82) is 0 Å². The molecule has 1 aliphatic rings. The van der Waals surface area contributed by atoms with Crippen molar-refractivity contribution in [3.05, 3.63) is 57.9 Å². The minimum absolute atomic E-state index is 0.230. The first-order valence-corrected chi connectivity index (χ1v) is 9.35. The molecule has 3 aromatic rings. The van der Waals surface area contributed by atoms with E-state index in [0.29, 0.717) is 30.0 Å². The van der Waals surface area contributed by atoms with E-state index in [2.05, 4.69) is 26.8 Å². The molecule has 0 saturated heterocycles. The van der Waals surface area contributed by atoms with Crippen LogP contribution >= 0.6 is 11.3 Å². The van der Waals surface area contributed by atoms with Crippen molar-refractivity contribution in [2.45, 2.75) is 18.9 Å². The summed E-state index contributed by atoms with van der Waals surface area (Å²) >= 11 is 1.28. The normalized spacial score (nSPS) is 14.4. The minimum atomic E-state index is -1.49. The van der Waals surface area contributed by atoms with E-state index in [1.807, 2.05) is 12.1 Å². The molecule has 1 aliphatic heterocycles. The maximum absolute atomic E-state index is 11.5. The largest absolute Gasteiger partial charge is 0.493 e. The van der Waals surface area contributed by atoms with Gasteiger partial charge in [0.15, 0.2) is 16.4 Å². The van der Waals surface area contributed by atoms with Crippen LogP contribution in [0.3, 0.4) is 0 Å². The minimum Gasteiger partial charge on any atom is -0.493 e. The van der Waals surface area contributed by atoms with Gasteiger partial charge in [0, 0.05) is 34.8 Å². The molecule has 0 unspecified atom stereocenters. The van der Waals surface area contributed by atoms with Crippen molar-refractivity contribution >= 4 is 17.2 Å². The first-order chi connectivity index (χ1) is 13.4. The summed E-state index contributed by atoms with van der Waals surface area (Å²) in [6.45, 7) is 2.03. The van der Waals surface area contributed by atoms with Gasteiger partial charge < -0.3 is 15.6 Å². The third-order valence-corrected chi connectivity index (χ3v) is 5.31. The average Bonchev–Trinajstić information content (AvgIpc) is 3.05. The predicted octanol–water partition coefficient (Wildman–Crippen LogP) is 1.89. The van der Waals surface area contributed by atoms with Gasteiger partial charge in [0.2, 0.25) is 0 Å². The molecule has 0 saturated carbocycles. The zero-order valence-corrected chi connectivity index (χ0v) is 15.8. The summed E-state index contributed by atoms with van der Waals surface area (Å²) in [6, 6.07) is 7.12. The van der Waals surface area contributed by atoms with E-state index in [1.54, 1.807) is 31.5 Å². The standard InChI is InChI=1S/C20H16N4O3S/c1-20(26,19-22-8-2-9-23-19)7-5-12-3-4-14-13(11-12)16-15(6-10-27-14)28-18(24-16)17(21)25/h2-4,8-9,11,26H,6,10H2,1H3,(H2,21,25)/t20-/m1/s1. The van der Waals surface area contributed by atoms with E-state index in [-0.39, 0.29) is 10.8 Å². The Balaban J connectivity index is 1.74. The van der Waals surface area contributed by atoms with E-state index in [1.165, 1.54) is 11.3 Å². The summed E-state index contributed by atoms with van der Waals surface area (Å²) in [5.41, 5.74) is 5.99. The zero-order chi connectivity index (χ0) is 19.7. The lowest BCUT2D eigenvalue weighted by Gasteiger charge is -2.13. The smallest absolute Gasteiger partial charge is 0.277 e. The van der Waals surface area contributed by atoms with Crippen molar-refractivity contribution in [3.8, 4) is 28.8 Å². The van der Waals surface area contributed by atoms with Gasteiger partial charge in [-0.05, 0) is 31.2 Å². The van der Waals surface area contributed by atoms with Gasteiger partial charge in [-0.15, -0.1) is 11.3 Å². The Morgan fingerprint density at radius 2 is 2.14 bits per heavy atom. The van der Waals surface area contributed by atoms with Gasteiger partial charge in [-0.25, -0.2) is 15.0 Å². The van der Waals surface area contributed by atoms with Gasteiger partial charge >= 0.3 is 0 Å². The summed E-state index contributed by atoms with van der Waals surface area (Å²) in [4.78, 5) is 25.0. The van der Waals surface area contributed by atoms with Gasteiger partial charge in [0.25, 0.3) is 5.91 Å². The highest BCUT2D eigenvalue weighted by Crippen LogP contribution is 2.38. The van der Waals surface area contributed by atoms with Crippen LogP contribution in [0.4, 0.5) is 0 Å². The average molecular weight is 392 g/mol. The van der Waals surface area contributed by atoms with Crippen molar-refractivity contribution in [1.82, 2.24) is 15.0 Å². The molecule has 1 atom stereocenters. The Morgan fingerprint density at radius 3 is 2.89 bits per heavy atom. The third-order valence-electron chi connectivity index (χ3n) is 4.18. The van der Waals surface area contributed by atoms with Crippen LogP contribution in [0.2, 0.25) is 0 Å². The SMILES string of the molecule is C[C@@](O)(C#Cc1ccc2c(c1)-c1nc(C(N)=O)sc1CCO2)c1ncccn1. The lowest BCUT2D eigenvalue weighted by atomic mass is 10.0. The molecule has 8 heteroatoms. The Hall–Kier alpha value is -3.28. The van der Waals surface area contributed by atoms with Crippen LogP contribution in [-0.4, -0.2) is 32.6 Å². The fraction of sp³-hybridized carbons (Fsp3) is 0.200. The fourth-order valence-corrected chi connectivity index (χ4v) is 3.72. The van der Waals surface area contributed by atoms with Crippen LogP contribution in [0, 0.1) is 11.8 Å². The molecular weight excluding hydrogens is 376 g/mol. The molecule has 0 bridgehead atoms. The topological polar surface area (TPSA) is 111 Å². The molecule has 1 aromatic carbocycles. The molecule has 0 spiro atoms. The van der Waals surface area contributed by atoms with Crippen LogP contribution in [0.25, 0.3) is 11.3 Å². The molecule has 3 N–H and O–H groups in total. The first kappa shape index (κ1) is 18.1. The second-order valence-electron chi connectivity index (χ2n) is 6.36. The number of hydrogen-bond donors (Lipinski definition) is 2. The number of ether oxygens (including phenoxy) is 1. The Labute approximate surface area is 165 Å². The van der Waals surface area contributed by atoms with Crippen molar-refractivity contribution < 1.29 is 14.6 Å². The molecule has 1 amide bonds. The Kier molecular flexibility index (Phi) is 4.55. The molecule has 2 aromatic heterocycles. The number of aliphatic hydroxyl groups is 1. The van der Waals surface area contributed by atoms with Gasteiger partial charge in [0.05, 0.1) is 12.3 Å². The van der Waals surface area contributed by atoms with Gasteiger partial charge in [-0.3, -0.25) is 4.79 Å². The van der Waals surface area contributed by atoms with E-state index < -0.39 is 11.5 Å². The Bertz CT molecular complexity index is 1110. The van der Waals surface area contributed by atoms with E-state index in [0.717, 1.165) is 10.4 Å². The van der Waals surface area contributed by atoms with Crippen molar-refractivity contribution in [2.24, 2.45) is 5.73 Å². The van der Waals surface area contributed by atoms with Crippen molar-refractivity contribution in [3.63, 3.8) is 0 Å². The molecular formula is C20H16N4O3S. The number of fused-ring (bicyclic) bond motifs is 3. The maximum Gasteiger partial charge on any atom is 0.277 e. The maximum atomic E-state index is 11.5. The molecule has 4 rings (SSSR count). The number of nitrogens with two attached hydrogens (primary N) is 1. The quantitative estimate of drug-likeness (QED) is 0.644. The molecule has 0 radical (unpaired) electrons. The number of primary amides is 1. The first-order valence-electron chi connectivity index (χ1n) is 8.54. The highest BCUT2D eigenvalue weighted by atomic mass is 32.1. The lowest BCUT2D eigenvalue weighted by Crippen LogP contribution is -2.21. The number of amides is 1. The molecule has 28 heavy (non-hydrogen) atoms. The molecule has 7 nitrogen and oxygen atoms in total. The summed E-state index contributed by atoms with van der Waals surface area (Å²) < 4.78 is 5.79. The Morgan fingerprint density at radius 1 is 1.36 bits per heavy atom. The number of hydrogen-bond acceptors (Lipinski definition) is 7. The molecule has 3 heterocycles. The molecule has 0 aliphatic carbocycles. The number of aromatic nitrogens is 3.